The molecule has 1 amide bonds. The predicted octanol–water partition coefficient (Wildman–Crippen LogP) is 1.68. The first kappa shape index (κ1) is 11.4. The van der Waals surface area contributed by atoms with Gasteiger partial charge in [0.15, 0.2) is 0 Å². The number of rotatable bonds is 3. The van der Waals surface area contributed by atoms with Crippen molar-refractivity contribution in [3.63, 3.8) is 0 Å². The van der Waals surface area contributed by atoms with E-state index in [1.807, 2.05) is 4.90 Å². The zero-order valence-electron chi connectivity index (χ0n) is 10.4. The molecule has 18 heavy (non-hydrogen) atoms. The second-order valence-electron chi connectivity index (χ2n) is 5.04. The summed E-state index contributed by atoms with van der Waals surface area (Å²) in [6.45, 7) is 1.71. The lowest BCUT2D eigenvalue weighted by Gasteiger charge is -2.26. The van der Waals surface area contributed by atoms with Crippen LogP contribution in [0.5, 0.6) is 0 Å². The third kappa shape index (κ3) is 2.60. The number of nitrogens with one attached hydrogen (secondary N) is 1. The van der Waals surface area contributed by atoms with Crippen LogP contribution >= 0.6 is 0 Å². The summed E-state index contributed by atoms with van der Waals surface area (Å²) in [6.07, 6.45) is 7.44. The molecule has 5 nitrogen and oxygen atoms in total. The molecule has 3 rings (SSSR count). The number of carbonyl (C=O) groups excluding carboxylic acids is 1. The van der Waals surface area contributed by atoms with Crippen molar-refractivity contribution < 1.29 is 4.79 Å². The highest BCUT2D eigenvalue weighted by Crippen LogP contribution is 2.22. The summed E-state index contributed by atoms with van der Waals surface area (Å²) in [5.41, 5.74) is 0.509. The summed E-state index contributed by atoms with van der Waals surface area (Å²) in [7, 11) is 0. The minimum atomic E-state index is 0.0379. The number of hydrogen-bond donors (Lipinski definition) is 1. The van der Waals surface area contributed by atoms with Crippen LogP contribution in [0.25, 0.3) is 0 Å². The molecule has 0 spiro atoms. The summed E-state index contributed by atoms with van der Waals surface area (Å²) in [4.78, 5) is 22.6. The Hall–Kier alpha value is -1.65. The van der Waals surface area contributed by atoms with Crippen LogP contribution < -0.4 is 5.32 Å². The molecule has 1 aromatic heterocycles. The number of anilines is 1. The van der Waals surface area contributed by atoms with Gasteiger partial charge in [-0.1, -0.05) is 0 Å². The molecule has 1 aromatic rings. The van der Waals surface area contributed by atoms with Crippen molar-refractivity contribution in [1.29, 1.82) is 0 Å². The Kier molecular flexibility index (Phi) is 3.13. The van der Waals surface area contributed by atoms with Gasteiger partial charge >= 0.3 is 0 Å². The van der Waals surface area contributed by atoms with Crippen LogP contribution in [0.4, 0.5) is 5.95 Å². The number of carbonyl (C=O) groups is 1. The summed E-state index contributed by atoms with van der Waals surface area (Å²) < 4.78 is 0. The van der Waals surface area contributed by atoms with Gasteiger partial charge < -0.3 is 10.2 Å². The van der Waals surface area contributed by atoms with Crippen molar-refractivity contribution in [2.45, 2.75) is 38.1 Å². The molecular weight excluding hydrogens is 228 g/mol. The normalized spacial score (nSPS) is 19.7. The lowest BCUT2D eigenvalue weighted by molar-refractivity contribution is 0.0718. The molecule has 0 atom stereocenters. The Labute approximate surface area is 107 Å². The molecule has 96 valence electrons. The quantitative estimate of drug-likeness (QED) is 0.881. The second kappa shape index (κ2) is 4.92. The van der Waals surface area contributed by atoms with Crippen LogP contribution in [-0.4, -0.2) is 39.9 Å². The van der Waals surface area contributed by atoms with Crippen molar-refractivity contribution in [3.05, 3.63) is 18.0 Å². The third-order valence-corrected chi connectivity index (χ3v) is 3.43. The van der Waals surface area contributed by atoms with E-state index in [1.165, 1.54) is 19.3 Å². The molecule has 2 fully saturated rings. The molecule has 1 N–H and O–H groups in total. The van der Waals surface area contributed by atoms with Gasteiger partial charge in [0, 0.05) is 25.3 Å². The Morgan fingerprint density at radius 3 is 2.78 bits per heavy atom. The average Bonchev–Trinajstić information content (AvgIpc) is 3.23. The molecule has 0 aromatic carbocycles. The van der Waals surface area contributed by atoms with Gasteiger partial charge in [0.2, 0.25) is 5.95 Å². The molecule has 0 unspecified atom stereocenters. The molecule has 1 saturated heterocycles. The number of amides is 1. The minimum absolute atomic E-state index is 0.0379. The zero-order chi connectivity index (χ0) is 12.4. The number of piperidine rings is 1. The van der Waals surface area contributed by atoms with Gasteiger partial charge in [0.1, 0.15) is 5.69 Å². The van der Waals surface area contributed by atoms with E-state index >= 15 is 0 Å². The van der Waals surface area contributed by atoms with Gasteiger partial charge in [0.25, 0.3) is 5.91 Å². The fourth-order valence-corrected chi connectivity index (χ4v) is 2.22. The molecule has 2 aliphatic rings. The van der Waals surface area contributed by atoms with Crippen molar-refractivity contribution in [2.75, 3.05) is 18.4 Å². The number of hydrogen-bond acceptors (Lipinski definition) is 4. The maximum atomic E-state index is 12.3. The van der Waals surface area contributed by atoms with Crippen LogP contribution in [0.1, 0.15) is 42.6 Å². The SMILES string of the molecule is O=C(c1ccnc(NC2CC2)n1)N1CCCCC1. The minimum Gasteiger partial charge on any atom is -0.351 e. The molecule has 1 aliphatic heterocycles. The third-order valence-electron chi connectivity index (χ3n) is 3.43. The first-order valence-electron chi connectivity index (χ1n) is 6.72. The lowest BCUT2D eigenvalue weighted by Crippen LogP contribution is -2.36. The molecule has 1 aliphatic carbocycles. The van der Waals surface area contributed by atoms with Gasteiger partial charge in [0.05, 0.1) is 0 Å². The highest BCUT2D eigenvalue weighted by Gasteiger charge is 2.23. The predicted molar refractivity (Wildman–Crippen MR) is 68.4 cm³/mol. The molecule has 2 heterocycles. The van der Waals surface area contributed by atoms with Crippen molar-refractivity contribution in [2.24, 2.45) is 0 Å². The molecular formula is C13H18N4O. The van der Waals surface area contributed by atoms with E-state index in [-0.39, 0.29) is 5.91 Å². The van der Waals surface area contributed by atoms with Gasteiger partial charge in [-0.25, -0.2) is 9.97 Å². The fourth-order valence-electron chi connectivity index (χ4n) is 2.22. The monoisotopic (exact) mass is 246 g/mol. The highest BCUT2D eigenvalue weighted by molar-refractivity contribution is 5.92. The summed E-state index contributed by atoms with van der Waals surface area (Å²) >= 11 is 0. The molecule has 1 saturated carbocycles. The summed E-state index contributed by atoms with van der Waals surface area (Å²) in [6, 6.07) is 2.21. The van der Waals surface area contributed by atoms with Crippen molar-refractivity contribution in [1.82, 2.24) is 14.9 Å². The summed E-state index contributed by atoms with van der Waals surface area (Å²) in [5, 5.41) is 3.22. The Morgan fingerprint density at radius 2 is 2.06 bits per heavy atom. The van der Waals surface area contributed by atoms with E-state index in [2.05, 4.69) is 15.3 Å². The molecule has 0 bridgehead atoms. The standard InChI is InChI=1S/C13H18N4O/c18-12(17-8-2-1-3-9-17)11-6-7-14-13(16-11)15-10-4-5-10/h6-7,10H,1-5,8-9H2,(H,14,15,16). The number of aromatic nitrogens is 2. The van der Waals surface area contributed by atoms with Crippen molar-refractivity contribution in [3.8, 4) is 0 Å². The van der Waals surface area contributed by atoms with Gasteiger partial charge in [-0.2, -0.15) is 0 Å². The molecule has 5 heteroatoms. The largest absolute Gasteiger partial charge is 0.351 e. The van der Waals surface area contributed by atoms with E-state index in [4.69, 9.17) is 0 Å². The Bertz CT molecular complexity index is 438. The van der Waals surface area contributed by atoms with Crippen molar-refractivity contribution >= 4 is 11.9 Å². The Morgan fingerprint density at radius 1 is 1.28 bits per heavy atom. The van der Waals surface area contributed by atoms with E-state index in [0.717, 1.165) is 25.9 Å². The smallest absolute Gasteiger partial charge is 0.272 e. The topological polar surface area (TPSA) is 58.1 Å². The maximum Gasteiger partial charge on any atom is 0.272 e. The van der Waals surface area contributed by atoms with E-state index < -0.39 is 0 Å². The van der Waals surface area contributed by atoms with Crippen LogP contribution in [0, 0.1) is 0 Å². The lowest BCUT2D eigenvalue weighted by atomic mass is 10.1. The maximum absolute atomic E-state index is 12.3. The van der Waals surface area contributed by atoms with Gasteiger partial charge in [-0.15, -0.1) is 0 Å². The highest BCUT2D eigenvalue weighted by atomic mass is 16.2. The first-order valence-corrected chi connectivity index (χ1v) is 6.72. The summed E-state index contributed by atoms with van der Waals surface area (Å²) in [5.74, 6) is 0.622. The van der Waals surface area contributed by atoms with Crippen LogP contribution in [0.2, 0.25) is 0 Å². The van der Waals surface area contributed by atoms with Crippen LogP contribution in [0.15, 0.2) is 12.3 Å². The second-order valence-corrected chi connectivity index (χ2v) is 5.04. The van der Waals surface area contributed by atoms with E-state index in [0.29, 0.717) is 17.7 Å². The van der Waals surface area contributed by atoms with Gasteiger partial charge in [-0.05, 0) is 38.2 Å². The Balaban J connectivity index is 1.71. The van der Waals surface area contributed by atoms with E-state index in [1.54, 1.807) is 12.3 Å². The zero-order valence-corrected chi connectivity index (χ0v) is 10.4. The molecule has 0 radical (unpaired) electrons. The van der Waals surface area contributed by atoms with Crippen LogP contribution in [-0.2, 0) is 0 Å². The number of likely N-dealkylation sites (tertiary alicyclic amines) is 1. The van der Waals surface area contributed by atoms with E-state index in [9.17, 15) is 4.79 Å². The average molecular weight is 246 g/mol. The van der Waals surface area contributed by atoms with Gasteiger partial charge in [-0.3, -0.25) is 4.79 Å². The van der Waals surface area contributed by atoms with Crippen LogP contribution in [0.3, 0.4) is 0 Å². The fraction of sp³-hybridized carbons (Fsp3) is 0.615. The number of nitrogens with zero attached hydrogens (tertiary/aromatic N) is 3. The first-order chi connectivity index (χ1) is 8.83.